The van der Waals surface area contributed by atoms with E-state index in [0.29, 0.717) is 5.04 Å². The van der Waals surface area contributed by atoms with Gasteiger partial charge in [0.1, 0.15) is 0 Å². The lowest BCUT2D eigenvalue weighted by atomic mass is 10.00. The summed E-state index contributed by atoms with van der Waals surface area (Å²) < 4.78 is 1.44. The SMILES string of the molecule is CC(C)(C)[Si](C)(C)/C=C/C1=C(Br)CCCC1. The maximum Gasteiger partial charge on any atom is 0.0770 e. The summed E-state index contributed by atoms with van der Waals surface area (Å²) in [7, 11) is -1.25. The highest BCUT2D eigenvalue weighted by atomic mass is 79.9. The standard InChI is InChI=1S/C14H25BrSi/c1-14(2,3)16(4,5)11-10-12-8-6-7-9-13(12)15/h10-11H,6-9H2,1-5H3/b11-10+. The van der Waals surface area contributed by atoms with Crippen LogP contribution in [0.4, 0.5) is 0 Å². The Bertz CT molecular complexity index is 305. The van der Waals surface area contributed by atoms with E-state index in [0.717, 1.165) is 0 Å². The molecule has 0 aromatic heterocycles. The van der Waals surface area contributed by atoms with Crippen LogP contribution in [-0.2, 0) is 0 Å². The van der Waals surface area contributed by atoms with Crippen molar-refractivity contribution in [1.29, 1.82) is 0 Å². The molecular weight excluding hydrogens is 276 g/mol. The van der Waals surface area contributed by atoms with E-state index in [1.165, 1.54) is 35.7 Å². The quantitative estimate of drug-likeness (QED) is 0.564. The molecule has 0 aromatic carbocycles. The lowest BCUT2D eigenvalue weighted by molar-refractivity contribution is 0.706. The maximum atomic E-state index is 3.72. The van der Waals surface area contributed by atoms with Crippen molar-refractivity contribution in [2.75, 3.05) is 0 Å². The van der Waals surface area contributed by atoms with Gasteiger partial charge in [0.15, 0.2) is 0 Å². The van der Waals surface area contributed by atoms with Crippen LogP contribution in [0.1, 0.15) is 46.5 Å². The topological polar surface area (TPSA) is 0 Å². The van der Waals surface area contributed by atoms with E-state index in [9.17, 15) is 0 Å². The van der Waals surface area contributed by atoms with Gasteiger partial charge in [-0.2, -0.15) is 0 Å². The van der Waals surface area contributed by atoms with Crippen LogP contribution in [0.3, 0.4) is 0 Å². The summed E-state index contributed by atoms with van der Waals surface area (Å²) in [5.74, 6) is 0. The summed E-state index contributed by atoms with van der Waals surface area (Å²) in [6.07, 6.45) is 7.59. The smallest absolute Gasteiger partial charge is 0.0770 e. The van der Waals surface area contributed by atoms with E-state index in [2.05, 4.69) is 61.6 Å². The van der Waals surface area contributed by atoms with E-state index in [1.54, 1.807) is 0 Å². The molecule has 0 nitrogen and oxygen atoms in total. The second-order valence-corrected chi connectivity index (χ2v) is 12.7. The Kier molecular flexibility index (Phi) is 4.64. The van der Waals surface area contributed by atoms with Crippen molar-refractivity contribution in [1.82, 2.24) is 0 Å². The summed E-state index contributed by atoms with van der Waals surface area (Å²) in [5.41, 5.74) is 4.06. The lowest BCUT2D eigenvalue weighted by Crippen LogP contribution is -2.34. The zero-order valence-corrected chi connectivity index (χ0v) is 13.9. The fourth-order valence-electron chi connectivity index (χ4n) is 1.62. The molecule has 0 aliphatic heterocycles. The van der Waals surface area contributed by atoms with Crippen LogP contribution < -0.4 is 0 Å². The Morgan fingerprint density at radius 1 is 1.12 bits per heavy atom. The number of rotatable bonds is 2. The van der Waals surface area contributed by atoms with Gasteiger partial charge in [0.2, 0.25) is 0 Å². The molecule has 0 saturated heterocycles. The largest absolute Gasteiger partial charge is 0.0939 e. The van der Waals surface area contributed by atoms with E-state index in [4.69, 9.17) is 0 Å². The fourth-order valence-corrected chi connectivity index (χ4v) is 3.35. The van der Waals surface area contributed by atoms with E-state index in [1.807, 2.05) is 0 Å². The summed E-state index contributed by atoms with van der Waals surface area (Å²) in [5, 5.41) is 0.450. The van der Waals surface area contributed by atoms with E-state index >= 15 is 0 Å². The normalized spacial score (nSPS) is 19.6. The van der Waals surface area contributed by atoms with Crippen LogP contribution >= 0.6 is 15.9 Å². The molecule has 0 radical (unpaired) electrons. The molecule has 0 bridgehead atoms. The molecule has 2 heteroatoms. The zero-order chi connectivity index (χ0) is 12.4. The second-order valence-electron chi connectivity index (χ2n) is 6.44. The average molecular weight is 301 g/mol. The molecule has 16 heavy (non-hydrogen) atoms. The van der Waals surface area contributed by atoms with Crippen molar-refractivity contribution in [3.8, 4) is 0 Å². The molecule has 1 aliphatic carbocycles. The van der Waals surface area contributed by atoms with Crippen LogP contribution in [0.5, 0.6) is 0 Å². The molecule has 0 unspecified atom stereocenters. The van der Waals surface area contributed by atoms with Crippen LogP contribution in [0.2, 0.25) is 18.1 Å². The minimum absolute atomic E-state index is 0.450. The van der Waals surface area contributed by atoms with Crippen molar-refractivity contribution < 1.29 is 0 Å². The first-order valence-corrected chi connectivity index (χ1v) is 10.2. The average Bonchev–Trinajstić information content (AvgIpc) is 2.15. The van der Waals surface area contributed by atoms with Crippen molar-refractivity contribution in [2.24, 2.45) is 0 Å². The highest BCUT2D eigenvalue weighted by Gasteiger charge is 2.32. The van der Waals surface area contributed by atoms with Crippen LogP contribution in [0.15, 0.2) is 21.8 Å². The molecule has 92 valence electrons. The Labute approximate surface area is 110 Å². The molecule has 1 rings (SSSR count). The first kappa shape index (κ1) is 14.2. The molecule has 0 N–H and O–H groups in total. The van der Waals surface area contributed by atoms with E-state index in [-0.39, 0.29) is 0 Å². The van der Waals surface area contributed by atoms with Gasteiger partial charge in [-0.15, -0.1) is 0 Å². The van der Waals surface area contributed by atoms with Gasteiger partial charge in [0.25, 0.3) is 0 Å². The predicted molar refractivity (Wildman–Crippen MR) is 80.8 cm³/mol. The number of hydrogen-bond acceptors (Lipinski definition) is 0. The molecule has 0 amide bonds. The van der Waals surface area contributed by atoms with Crippen LogP contribution in [0.25, 0.3) is 0 Å². The van der Waals surface area contributed by atoms with Gasteiger partial charge in [0, 0.05) is 0 Å². The van der Waals surface area contributed by atoms with Crippen molar-refractivity contribution in [2.45, 2.75) is 64.6 Å². The molecule has 0 fully saturated rings. The van der Waals surface area contributed by atoms with Crippen molar-refractivity contribution in [3.05, 3.63) is 21.8 Å². The Morgan fingerprint density at radius 2 is 1.69 bits per heavy atom. The summed E-state index contributed by atoms with van der Waals surface area (Å²) >= 11 is 3.72. The lowest BCUT2D eigenvalue weighted by Gasteiger charge is -2.34. The summed E-state index contributed by atoms with van der Waals surface area (Å²) in [4.78, 5) is 0. The molecular formula is C14H25BrSi. The first-order valence-electron chi connectivity index (χ1n) is 6.31. The number of halogens is 1. The Morgan fingerprint density at radius 3 is 2.19 bits per heavy atom. The van der Waals surface area contributed by atoms with E-state index < -0.39 is 8.07 Å². The highest BCUT2D eigenvalue weighted by Crippen LogP contribution is 2.37. The van der Waals surface area contributed by atoms with Crippen LogP contribution in [0, 0.1) is 0 Å². The van der Waals surface area contributed by atoms with Gasteiger partial charge in [-0.3, -0.25) is 0 Å². The summed E-state index contributed by atoms with van der Waals surface area (Å²) in [6.45, 7) is 12.0. The zero-order valence-electron chi connectivity index (χ0n) is 11.4. The summed E-state index contributed by atoms with van der Waals surface area (Å²) in [6, 6.07) is 0. The van der Waals surface area contributed by atoms with Gasteiger partial charge in [0.05, 0.1) is 8.07 Å². The molecule has 0 heterocycles. The van der Waals surface area contributed by atoms with Crippen LogP contribution in [-0.4, -0.2) is 8.07 Å². The predicted octanol–water partition coefficient (Wildman–Crippen LogP) is 5.81. The third-order valence-corrected chi connectivity index (χ3v) is 9.85. The van der Waals surface area contributed by atoms with Gasteiger partial charge in [-0.05, 0) is 40.8 Å². The molecule has 1 aliphatic rings. The van der Waals surface area contributed by atoms with Gasteiger partial charge < -0.3 is 0 Å². The highest BCUT2D eigenvalue weighted by molar-refractivity contribution is 9.11. The molecule has 0 aromatic rings. The second kappa shape index (κ2) is 5.22. The minimum Gasteiger partial charge on any atom is -0.0939 e. The van der Waals surface area contributed by atoms with Crippen molar-refractivity contribution >= 4 is 24.0 Å². The number of allylic oxidation sites excluding steroid dienone is 3. The molecule has 0 spiro atoms. The Balaban J connectivity index is 2.80. The fraction of sp³-hybridized carbons (Fsp3) is 0.714. The van der Waals surface area contributed by atoms with Gasteiger partial charge >= 0.3 is 0 Å². The van der Waals surface area contributed by atoms with Crippen molar-refractivity contribution in [3.63, 3.8) is 0 Å². The number of hydrogen-bond donors (Lipinski definition) is 0. The monoisotopic (exact) mass is 300 g/mol. The third kappa shape index (κ3) is 3.59. The maximum absolute atomic E-state index is 3.72. The molecule has 0 saturated carbocycles. The van der Waals surface area contributed by atoms with Gasteiger partial charge in [-0.1, -0.05) is 61.6 Å². The third-order valence-electron chi connectivity index (χ3n) is 4.08. The molecule has 0 atom stereocenters. The minimum atomic E-state index is -1.25. The first-order chi connectivity index (χ1) is 7.24. The van der Waals surface area contributed by atoms with Gasteiger partial charge in [-0.25, -0.2) is 0 Å². The Hall–Kier alpha value is 0.177.